The number of carbonyl (C=O) groups is 2. The number of ether oxygens (including phenoxy) is 1. The Kier molecular flexibility index (Phi) is 4.68. The molecule has 0 saturated carbocycles. The van der Waals surface area contributed by atoms with E-state index in [9.17, 15) is 9.59 Å². The van der Waals surface area contributed by atoms with Gasteiger partial charge in [-0.3, -0.25) is 9.59 Å². The summed E-state index contributed by atoms with van der Waals surface area (Å²) in [6.45, 7) is 2.07. The third kappa shape index (κ3) is 3.41. The van der Waals surface area contributed by atoms with Gasteiger partial charge in [0.05, 0.1) is 18.1 Å². The fourth-order valence-electron chi connectivity index (χ4n) is 3.32. The average Bonchev–Trinajstić information content (AvgIpc) is 3.23. The molecule has 7 nitrogen and oxygen atoms in total. The van der Waals surface area contributed by atoms with Gasteiger partial charge in [-0.05, 0) is 36.4 Å². The van der Waals surface area contributed by atoms with Crippen LogP contribution in [0.25, 0.3) is 11.1 Å². The van der Waals surface area contributed by atoms with Crippen molar-refractivity contribution in [2.24, 2.45) is 5.92 Å². The summed E-state index contributed by atoms with van der Waals surface area (Å²) >= 11 is 6.10. The molecule has 1 aromatic heterocycles. The summed E-state index contributed by atoms with van der Waals surface area (Å²) in [5, 5.41) is 3.22. The molecule has 1 aliphatic rings. The SMILES string of the molecule is COc1ccc(NC(=O)[C@H]2CC(=O)N(c3ccc4oc(C)nc4c3)C2)cc1Cl. The van der Waals surface area contributed by atoms with E-state index in [-0.39, 0.29) is 18.2 Å². The number of carbonyl (C=O) groups excluding carboxylic acids is 2. The van der Waals surface area contributed by atoms with E-state index in [1.165, 1.54) is 7.11 Å². The fraction of sp³-hybridized carbons (Fsp3) is 0.250. The highest BCUT2D eigenvalue weighted by Crippen LogP contribution is 2.30. The average molecular weight is 400 g/mol. The minimum Gasteiger partial charge on any atom is -0.495 e. The van der Waals surface area contributed by atoms with Gasteiger partial charge in [0.25, 0.3) is 0 Å². The maximum Gasteiger partial charge on any atom is 0.229 e. The summed E-state index contributed by atoms with van der Waals surface area (Å²) < 4.78 is 10.6. The number of anilines is 2. The van der Waals surface area contributed by atoms with Crippen molar-refractivity contribution >= 4 is 45.9 Å². The van der Waals surface area contributed by atoms with E-state index in [1.54, 1.807) is 48.2 Å². The first-order valence-corrected chi connectivity index (χ1v) is 9.14. The van der Waals surface area contributed by atoms with Crippen molar-refractivity contribution in [1.82, 2.24) is 4.98 Å². The molecule has 0 unspecified atom stereocenters. The van der Waals surface area contributed by atoms with E-state index in [1.807, 2.05) is 0 Å². The molecule has 1 saturated heterocycles. The predicted molar refractivity (Wildman–Crippen MR) is 106 cm³/mol. The van der Waals surface area contributed by atoms with Crippen LogP contribution in [0.3, 0.4) is 0 Å². The van der Waals surface area contributed by atoms with E-state index < -0.39 is 5.92 Å². The Labute approximate surface area is 166 Å². The number of amides is 2. The number of nitrogens with one attached hydrogen (secondary N) is 1. The van der Waals surface area contributed by atoms with Gasteiger partial charge in [-0.15, -0.1) is 0 Å². The molecule has 2 amide bonds. The van der Waals surface area contributed by atoms with Gasteiger partial charge in [0.1, 0.15) is 11.3 Å². The first-order valence-electron chi connectivity index (χ1n) is 8.76. The van der Waals surface area contributed by atoms with Gasteiger partial charge < -0.3 is 19.4 Å². The normalized spacial score (nSPS) is 16.6. The second-order valence-corrected chi connectivity index (χ2v) is 7.04. The standard InChI is InChI=1S/C20H18ClN3O4/c1-11-22-16-9-14(4-6-18(16)28-11)24-10-12(7-19(24)25)20(26)23-13-3-5-17(27-2)15(21)8-13/h3-6,8-9,12H,7,10H2,1-2H3,(H,23,26)/t12-/m0/s1. The van der Waals surface area contributed by atoms with Crippen molar-refractivity contribution in [3.05, 3.63) is 47.3 Å². The zero-order valence-corrected chi connectivity index (χ0v) is 16.1. The monoisotopic (exact) mass is 399 g/mol. The Hall–Kier alpha value is -3.06. The number of rotatable bonds is 4. The Morgan fingerprint density at radius 1 is 1.32 bits per heavy atom. The molecule has 8 heteroatoms. The van der Waals surface area contributed by atoms with Gasteiger partial charge in [0, 0.05) is 31.3 Å². The van der Waals surface area contributed by atoms with Crippen LogP contribution in [0.15, 0.2) is 40.8 Å². The highest BCUT2D eigenvalue weighted by Gasteiger charge is 2.35. The number of hydrogen-bond donors (Lipinski definition) is 1. The Bertz CT molecular complexity index is 1080. The van der Waals surface area contributed by atoms with E-state index in [0.29, 0.717) is 45.7 Å². The Morgan fingerprint density at radius 2 is 2.14 bits per heavy atom. The van der Waals surface area contributed by atoms with Gasteiger partial charge in [-0.1, -0.05) is 11.6 Å². The summed E-state index contributed by atoms with van der Waals surface area (Å²) in [4.78, 5) is 31.0. The van der Waals surface area contributed by atoms with Gasteiger partial charge >= 0.3 is 0 Å². The lowest BCUT2D eigenvalue weighted by molar-refractivity contribution is -0.122. The Balaban J connectivity index is 1.48. The zero-order valence-electron chi connectivity index (χ0n) is 15.4. The van der Waals surface area contributed by atoms with Crippen molar-refractivity contribution in [2.45, 2.75) is 13.3 Å². The van der Waals surface area contributed by atoms with Gasteiger partial charge in [-0.2, -0.15) is 0 Å². The zero-order chi connectivity index (χ0) is 19.8. The molecule has 1 atom stereocenters. The minimum absolute atomic E-state index is 0.104. The molecule has 0 spiro atoms. The number of benzene rings is 2. The number of nitrogens with zero attached hydrogens (tertiary/aromatic N) is 2. The third-order valence-electron chi connectivity index (χ3n) is 4.70. The first-order chi connectivity index (χ1) is 13.4. The molecule has 4 rings (SSSR count). The van der Waals surface area contributed by atoms with Crippen LogP contribution >= 0.6 is 11.6 Å². The molecule has 2 heterocycles. The van der Waals surface area contributed by atoms with E-state index in [2.05, 4.69) is 10.3 Å². The second-order valence-electron chi connectivity index (χ2n) is 6.63. The van der Waals surface area contributed by atoms with Crippen LogP contribution in [0, 0.1) is 12.8 Å². The van der Waals surface area contributed by atoms with Crippen molar-refractivity contribution in [2.75, 3.05) is 23.9 Å². The number of halogens is 1. The molecule has 1 aliphatic heterocycles. The summed E-state index contributed by atoms with van der Waals surface area (Å²) in [5.41, 5.74) is 2.61. The number of oxazole rings is 1. The van der Waals surface area contributed by atoms with Crippen LogP contribution in [-0.4, -0.2) is 30.5 Å². The highest BCUT2D eigenvalue weighted by atomic mass is 35.5. The number of aryl methyl sites for hydroxylation is 1. The summed E-state index contributed by atoms with van der Waals surface area (Å²) in [6.07, 6.45) is 0.144. The molecule has 2 aromatic carbocycles. The maximum atomic E-state index is 12.6. The molecule has 1 fully saturated rings. The van der Waals surface area contributed by atoms with E-state index >= 15 is 0 Å². The first kappa shape index (κ1) is 18.3. The number of aromatic nitrogens is 1. The van der Waals surface area contributed by atoms with Crippen LogP contribution in [-0.2, 0) is 9.59 Å². The van der Waals surface area contributed by atoms with Crippen molar-refractivity contribution < 1.29 is 18.7 Å². The molecule has 0 radical (unpaired) electrons. The summed E-state index contributed by atoms with van der Waals surface area (Å²) in [5.74, 6) is 0.307. The van der Waals surface area contributed by atoms with Crippen LogP contribution in [0.5, 0.6) is 5.75 Å². The lowest BCUT2D eigenvalue weighted by atomic mass is 10.1. The van der Waals surface area contributed by atoms with Crippen LogP contribution in [0.1, 0.15) is 12.3 Å². The quantitative estimate of drug-likeness (QED) is 0.721. The predicted octanol–water partition coefficient (Wildman–Crippen LogP) is 3.79. The highest BCUT2D eigenvalue weighted by molar-refractivity contribution is 6.32. The lowest BCUT2D eigenvalue weighted by Gasteiger charge is -2.16. The Morgan fingerprint density at radius 3 is 2.89 bits per heavy atom. The van der Waals surface area contributed by atoms with Crippen LogP contribution < -0.4 is 15.0 Å². The van der Waals surface area contributed by atoms with E-state index in [4.69, 9.17) is 20.8 Å². The lowest BCUT2D eigenvalue weighted by Crippen LogP contribution is -2.28. The van der Waals surface area contributed by atoms with Gasteiger partial charge in [0.2, 0.25) is 11.8 Å². The third-order valence-corrected chi connectivity index (χ3v) is 5.00. The number of fused-ring (bicyclic) bond motifs is 1. The molecule has 0 aliphatic carbocycles. The van der Waals surface area contributed by atoms with E-state index in [0.717, 1.165) is 0 Å². The largest absolute Gasteiger partial charge is 0.495 e. The molecule has 0 bridgehead atoms. The number of hydrogen-bond acceptors (Lipinski definition) is 5. The van der Waals surface area contributed by atoms with Crippen molar-refractivity contribution in [1.29, 1.82) is 0 Å². The topological polar surface area (TPSA) is 84.7 Å². The van der Waals surface area contributed by atoms with Crippen molar-refractivity contribution in [3.8, 4) is 5.75 Å². The van der Waals surface area contributed by atoms with Crippen molar-refractivity contribution in [3.63, 3.8) is 0 Å². The molecule has 28 heavy (non-hydrogen) atoms. The molecular formula is C20H18ClN3O4. The van der Waals surface area contributed by atoms with Crippen LogP contribution in [0.2, 0.25) is 5.02 Å². The summed E-state index contributed by atoms with van der Waals surface area (Å²) in [6, 6.07) is 10.4. The smallest absolute Gasteiger partial charge is 0.229 e. The molecule has 144 valence electrons. The molecule has 1 N–H and O–H groups in total. The van der Waals surface area contributed by atoms with Gasteiger partial charge in [0.15, 0.2) is 11.5 Å². The van der Waals surface area contributed by atoms with Crippen LogP contribution in [0.4, 0.5) is 11.4 Å². The van der Waals surface area contributed by atoms with Gasteiger partial charge in [-0.25, -0.2) is 4.98 Å². The second kappa shape index (κ2) is 7.16. The maximum absolute atomic E-state index is 12.6. The minimum atomic E-state index is -0.455. The fourth-order valence-corrected chi connectivity index (χ4v) is 3.58. The number of methoxy groups -OCH3 is 1. The summed E-state index contributed by atoms with van der Waals surface area (Å²) in [7, 11) is 1.52. The molecular weight excluding hydrogens is 382 g/mol. The molecule has 3 aromatic rings.